The molecular formula is C21H23NO3S. The van der Waals surface area contributed by atoms with E-state index < -0.39 is 11.9 Å². The Balaban J connectivity index is 1.89. The summed E-state index contributed by atoms with van der Waals surface area (Å²) in [7, 11) is 2.16. The Labute approximate surface area is 157 Å². The lowest BCUT2D eigenvalue weighted by molar-refractivity contribution is -0.138. The minimum absolute atomic E-state index is 0.532. The van der Waals surface area contributed by atoms with Gasteiger partial charge in [0.2, 0.25) is 0 Å². The lowest BCUT2D eigenvalue weighted by Crippen LogP contribution is -2.26. The molecule has 0 saturated carbocycles. The van der Waals surface area contributed by atoms with Crippen LogP contribution in [0.2, 0.25) is 0 Å². The molecule has 1 saturated heterocycles. The van der Waals surface area contributed by atoms with Crippen molar-refractivity contribution < 1.29 is 14.6 Å². The average Bonchev–Trinajstić information content (AvgIpc) is 3.04. The third-order valence-electron chi connectivity index (χ3n) is 5.44. The molecule has 1 aromatic carbocycles. The van der Waals surface area contributed by atoms with E-state index in [-0.39, 0.29) is 0 Å². The molecule has 26 heavy (non-hydrogen) atoms. The van der Waals surface area contributed by atoms with Gasteiger partial charge in [0.05, 0.1) is 5.92 Å². The topological polar surface area (TPSA) is 49.8 Å². The molecule has 0 spiro atoms. The molecular weight excluding hydrogens is 346 g/mol. The Bertz CT molecular complexity index is 873. The highest BCUT2D eigenvalue weighted by molar-refractivity contribution is 7.11. The fraction of sp³-hybridized carbons (Fsp3) is 0.381. The fourth-order valence-corrected chi connectivity index (χ4v) is 4.74. The van der Waals surface area contributed by atoms with Crippen molar-refractivity contribution in [2.24, 2.45) is 0 Å². The number of carbonyl (C=O) groups is 1. The van der Waals surface area contributed by atoms with Gasteiger partial charge in [0.15, 0.2) is 0 Å². The van der Waals surface area contributed by atoms with Crippen molar-refractivity contribution >= 4 is 22.9 Å². The number of fused-ring (bicyclic) bond motifs is 2. The van der Waals surface area contributed by atoms with Gasteiger partial charge >= 0.3 is 5.97 Å². The first-order chi connectivity index (χ1) is 12.5. The van der Waals surface area contributed by atoms with Crippen LogP contribution in [0.4, 0.5) is 0 Å². The summed E-state index contributed by atoms with van der Waals surface area (Å²) in [5.74, 6) is -0.476. The highest BCUT2D eigenvalue weighted by Gasteiger charge is 2.26. The summed E-state index contributed by atoms with van der Waals surface area (Å²) in [5, 5.41) is 11.5. The van der Waals surface area contributed by atoms with E-state index in [2.05, 4.69) is 23.4 Å². The maximum atomic E-state index is 11.5. The number of nitrogens with zero attached hydrogens (tertiary/aromatic N) is 1. The Morgan fingerprint density at radius 1 is 1.27 bits per heavy atom. The van der Waals surface area contributed by atoms with E-state index in [9.17, 15) is 9.90 Å². The van der Waals surface area contributed by atoms with Crippen molar-refractivity contribution in [2.75, 3.05) is 20.1 Å². The van der Waals surface area contributed by atoms with Crippen LogP contribution < -0.4 is 4.74 Å². The number of hydrogen-bond acceptors (Lipinski definition) is 4. The minimum atomic E-state index is -0.801. The summed E-state index contributed by atoms with van der Waals surface area (Å²) in [4.78, 5) is 15.1. The van der Waals surface area contributed by atoms with E-state index in [0.717, 1.165) is 42.8 Å². The zero-order valence-corrected chi connectivity index (χ0v) is 15.9. The summed E-state index contributed by atoms with van der Waals surface area (Å²) in [6.07, 6.45) is 2.09. The number of carboxylic acid groups (broad SMARTS) is 1. The molecule has 4 nitrogen and oxygen atoms in total. The molecule has 1 fully saturated rings. The van der Waals surface area contributed by atoms with Crippen molar-refractivity contribution in [2.45, 2.75) is 32.3 Å². The van der Waals surface area contributed by atoms with Gasteiger partial charge in [-0.1, -0.05) is 11.6 Å². The molecule has 4 rings (SSSR count). The first-order valence-corrected chi connectivity index (χ1v) is 9.90. The van der Waals surface area contributed by atoms with Crippen LogP contribution >= 0.6 is 11.3 Å². The first-order valence-electron chi connectivity index (χ1n) is 9.02. The highest BCUT2D eigenvalue weighted by atomic mass is 32.1. The number of rotatable bonds is 2. The molecule has 1 aromatic heterocycles. The summed E-state index contributed by atoms with van der Waals surface area (Å²) < 4.78 is 6.09. The van der Waals surface area contributed by atoms with Crippen LogP contribution in [0.3, 0.4) is 0 Å². The van der Waals surface area contributed by atoms with Gasteiger partial charge in [-0.2, -0.15) is 0 Å². The van der Waals surface area contributed by atoms with Crippen molar-refractivity contribution in [1.82, 2.24) is 4.90 Å². The second kappa shape index (κ2) is 6.89. The summed E-state index contributed by atoms with van der Waals surface area (Å²) in [6.45, 7) is 4.42. The maximum absolute atomic E-state index is 11.5. The predicted octanol–water partition coefficient (Wildman–Crippen LogP) is 4.36. The molecule has 2 aromatic rings. The number of ether oxygens (including phenoxy) is 1. The molecule has 136 valence electrons. The average molecular weight is 369 g/mol. The van der Waals surface area contributed by atoms with Crippen LogP contribution in [0.1, 0.15) is 47.3 Å². The van der Waals surface area contributed by atoms with Gasteiger partial charge in [-0.3, -0.25) is 4.79 Å². The number of likely N-dealkylation sites (tertiary alicyclic amines) is 1. The van der Waals surface area contributed by atoms with Crippen LogP contribution in [0.25, 0.3) is 5.57 Å². The number of benzene rings is 1. The number of thiophene rings is 1. The van der Waals surface area contributed by atoms with Crippen LogP contribution in [-0.4, -0.2) is 36.1 Å². The van der Waals surface area contributed by atoms with Gasteiger partial charge < -0.3 is 14.7 Å². The minimum Gasteiger partial charge on any atom is -0.488 e. The summed E-state index contributed by atoms with van der Waals surface area (Å²) in [6, 6.07) is 8.00. The lowest BCUT2D eigenvalue weighted by atomic mass is 9.88. The molecule has 1 unspecified atom stereocenters. The zero-order valence-electron chi connectivity index (χ0n) is 15.1. The van der Waals surface area contributed by atoms with Gasteiger partial charge in [-0.25, -0.2) is 0 Å². The van der Waals surface area contributed by atoms with Crippen molar-refractivity contribution in [3.05, 3.63) is 56.8 Å². The number of hydrogen-bond donors (Lipinski definition) is 1. The standard InChI is InChI=1S/C21H23NO3S/c1-13(21(23)24)15-3-4-18-17(11-15)19(14-5-8-22(2)9-6-14)20-16(12-25-18)7-10-26-20/h3-4,7,10-11,13H,5-6,8-9,12H2,1-2H3,(H,23,24). The molecule has 2 aliphatic heterocycles. The molecule has 5 heteroatoms. The molecule has 0 radical (unpaired) electrons. The molecule has 0 amide bonds. The van der Waals surface area contributed by atoms with Crippen molar-refractivity contribution in [1.29, 1.82) is 0 Å². The third-order valence-corrected chi connectivity index (χ3v) is 6.42. The van der Waals surface area contributed by atoms with Gasteiger partial charge in [0.1, 0.15) is 12.4 Å². The van der Waals surface area contributed by atoms with Crippen LogP contribution in [0, 0.1) is 0 Å². The number of aliphatic carboxylic acids is 1. The third kappa shape index (κ3) is 3.06. The highest BCUT2D eigenvalue weighted by Crippen LogP contribution is 2.44. The van der Waals surface area contributed by atoms with E-state index in [1.54, 1.807) is 18.3 Å². The van der Waals surface area contributed by atoms with E-state index in [1.165, 1.54) is 21.6 Å². The molecule has 0 aliphatic carbocycles. The smallest absolute Gasteiger partial charge is 0.310 e. The molecule has 0 bridgehead atoms. The van der Waals surface area contributed by atoms with E-state index in [1.807, 2.05) is 18.2 Å². The van der Waals surface area contributed by atoms with E-state index >= 15 is 0 Å². The van der Waals surface area contributed by atoms with Crippen molar-refractivity contribution in [3.63, 3.8) is 0 Å². The SMILES string of the molecule is CC(C(=O)O)c1ccc2c(c1)C(=C1CCN(C)CC1)c1sccc1CO2. The van der Waals surface area contributed by atoms with Gasteiger partial charge in [0, 0.05) is 34.7 Å². The fourth-order valence-electron chi connectivity index (χ4n) is 3.72. The number of piperidine rings is 1. The van der Waals surface area contributed by atoms with Gasteiger partial charge in [0.25, 0.3) is 0 Å². The zero-order chi connectivity index (χ0) is 18.3. The first kappa shape index (κ1) is 17.3. The Kier molecular flexibility index (Phi) is 4.59. The molecule has 2 aliphatic rings. The Hall–Kier alpha value is -2.11. The molecule has 3 heterocycles. The monoisotopic (exact) mass is 369 g/mol. The summed E-state index contributed by atoms with van der Waals surface area (Å²) in [5.41, 5.74) is 5.83. The second-order valence-electron chi connectivity index (χ2n) is 7.16. The maximum Gasteiger partial charge on any atom is 0.310 e. The van der Waals surface area contributed by atoms with Crippen LogP contribution in [-0.2, 0) is 11.4 Å². The van der Waals surface area contributed by atoms with Crippen LogP contribution in [0.5, 0.6) is 5.75 Å². The Morgan fingerprint density at radius 3 is 2.77 bits per heavy atom. The molecule has 1 atom stereocenters. The normalized spacial score (nSPS) is 18.5. The summed E-state index contributed by atoms with van der Waals surface area (Å²) >= 11 is 1.76. The number of carboxylic acids is 1. The van der Waals surface area contributed by atoms with Gasteiger partial charge in [-0.15, -0.1) is 11.3 Å². The van der Waals surface area contributed by atoms with E-state index in [4.69, 9.17) is 4.74 Å². The predicted molar refractivity (Wildman–Crippen MR) is 104 cm³/mol. The largest absolute Gasteiger partial charge is 0.488 e. The molecule has 1 N–H and O–H groups in total. The second-order valence-corrected chi connectivity index (χ2v) is 8.08. The quantitative estimate of drug-likeness (QED) is 0.855. The van der Waals surface area contributed by atoms with Crippen molar-refractivity contribution in [3.8, 4) is 5.75 Å². The van der Waals surface area contributed by atoms with E-state index in [0.29, 0.717) is 6.61 Å². The lowest BCUT2D eigenvalue weighted by Gasteiger charge is -2.27. The van der Waals surface area contributed by atoms with Crippen LogP contribution in [0.15, 0.2) is 35.2 Å². The van der Waals surface area contributed by atoms with Gasteiger partial charge in [-0.05, 0) is 56.0 Å². The Morgan fingerprint density at radius 2 is 2.04 bits per heavy atom.